The van der Waals surface area contributed by atoms with Crippen molar-refractivity contribution in [1.29, 1.82) is 0 Å². The van der Waals surface area contributed by atoms with Gasteiger partial charge < -0.3 is 24.3 Å². The highest BCUT2D eigenvalue weighted by atomic mass is 16.6. The molecule has 0 amide bonds. The highest BCUT2D eigenvalue weighted by Gasteiger charge is 2.28. The van der Waals surface area contributed by atoms with Gasteiger partial charge in [-0.2, -0.15) is 4.73 Å². The minimum atomic E-state index is -0.0683. The van der Waals surface area contributed by atoms with Crippen LogP contribution in [0.25, 0.3) is 11.2 Å². The quantitative estimate of drug-likeness (QED) is 0.423. The van der Waals surface area contributed by atoms with Gasteiger partial charge in [0.15, 0.2) is 0 Å². The Morgan fingerprint density at radius 1 is 1.50 bits per heavy atom. The van der Waals surface area contributed by atoms with E-state index in [1.165, 1.54) is 14.2 Å². The molecule has 0 spiro atoms. The molecule has 0 saturated carbocycles. The second-order valence-corrected chi connectivity index (χ2v) is 2.57. The third-order valence-electron chi connectivity index (χ3n) is 1.83. The van der Waals surface area contributed by atoms with Crippen LogP contribution in [0, 0.1) is 5.21 Å². The van der Waals surface area contributed by atoms with E-state index >= 15 is 0 Å². The van der Waals surface area contributed by atoms with Crippen LogP contribution in [0.15, 0.2) is 10.7 Å². The first-order chi connectivity index (χ1) is 6.69. The topological polar surface area (TPSA) is 83.7 Å². The van der Waals surface area contributed by atoms with Crippen LogP contribution in [0.3, 0.4) is 0 Å². The van der Waals surface area contributed by atoms with Crippen LogP contribution < -0.4 is 14.2 Å². The summed E-state index contributed by atoms with van der Waals surface area (Å²) in [5, 5.41) is 20.4. The van der Waals surface area contributed by atoms with Crippen molar-refractivity contribution < 1.29 is 23.8 Å². The van der Waals surface area contributed by atoms with Gasteiger partial charge in [0.25, 0.3) is 12.1 Å². The number of nitrogens with zero attached hydrogens (tertiary/aromatic N) is 2. The Hall–Kier alpha value is -2.05. The molecule has 2 heterocycles. The molecule has 0 radical (unpaired) electrons. The zero-order valence-electron chi connectivity index (χ0n) is 7.55. The molecule has 14 heavy (non-hydrogen) atoms. The van der Waals surface area contributed by atoms with Crippen LogP contribution in [-0.4, -0.2) is 24.2 Å². The fourth-order valence-corrected chi connectivity index (χ4v) is 1.25. The zero-order valence-corrected chi connectivity index (χ0v) is 7.55. The molecule has 2 aromatic heterocycles. The second-order valence-electron chi connectivity index (χ2n) is 2.57. The van der Waals surface area contributed by atoms with Crippen molar-refractivity contribution in [1.82, 2.24) is 4.73 Å². The highest BCUT2D eigenvalue weighted by Crippen LogP contribution is 2.36. The lowest BCUT2D eigenvalue weighted by Gasteiger charge is -1.97. The average Bonchev–Trinajstić information content (AvgIpc) is 2.66. The van der Waals surface area contributed by atoms with E-state index in [4.69, 9.17) is 13.9 Å². The Morgan fingerprint density at radius 3 is 2.79 bits per heavy atom. The fourth-order valence-electron chi connectivity index (χ4n) is 1.25. The summed E-state index contributed by atoms with van der Waals surface area (Å²) >= 11 is 0. The predicted octanol–water partition coefficient (Wildman–Crippen LogP) is 0.122. The molecule has 0 aliphatic carbocycles. The van der Waals surface area contributed by atoms with Crippen LogP contribution in [0.4, 0.5) is 0 Å². The van der Waals surface area contributed by atoms with Crippen molar-refractivity contribution in [3.05, 3.63) is 11.5 Å². The molecular formula is C7H8N2O5. The fraction of sp³-hybridized carbons (Fsp3) is 0.286. The van der Waals surface area contributed by atoms with Gasteiger partial charge in [-0.1, -0.05) is 0 Å². The first-order valence-corrected chi connectivity index (χ1v) is 3.73. The lowest BCUT2D eigenvalue weighted by molar-refractivity contribution is -0.587. The number of imidazole rings is 1. The largest absolute Gasteiger partial charge is 0.708 e. The van der Waals surface area contributed by atoms with E-state index < -0.39 is 0 Å². The summed E-state index contributed by atoms with van der Waals surface area (Å²) in [7, 11) is 2.76. The summed E-state index contributed by atoms with van der Waals surface area (Å²) < 4.78 is 15.8. The van der Waals surface area contributed by atoms with Crippen LogP contribution in [0.2, 0.25) is 0 Å². The van der Waals surface area contributed by atoms with Crippen LogP contribution in [0.5, 0.6) is 11.7 Å². The summed E-state index contributed by atoms with van der Waals surface area (Å²) in [6, 6.07) is 0. The molecular weight excluding hydrogens is 192 g/mol. The Kier molecular flexibility index (Phi) is 1.66. The zero-order chi connectivity index (χ0) is 10.3. The SMILES string of the molecule is COc1oc2c(c1OC)n(O)c[n+]2[O-]. The Labute approximate surface area is 78.2 Å². The first-order valence-electron chi connectivity index (χ1n) is 3.73. The van der Waals surface area contributed by atoms with E-state index in [1.54, 1.807) is 0 Å². The highest BCUT2D eigenvalue weighted by molar-refractivity contribution is 5.78. The average molecular weight is 200 g/mol. The molecule has 2 aromatic rings. The third-order valence-corrected chi connectivity index (χ3v) is 1.83. The van der Waals surface area contributed by atoms with Gasteiger partial charge in [-0.05, 0) is 4.73 Å². The van der Waals surface area contributed by atoms with Crippen molar-refractivity contribution in [2.24, 2.45) is 0 Å². The minimum Gasteiger partial charge on any atom is -0.708 e. The maximum Gasteiger partial charge on any atom is 0.352 e. The van der Waals surface area contributed by atoms with Crippen LogP contribution >= 0.6 is 0 Å². The number of hydrogen-bond acceptors (Lipinski definition) is 5. The number of fused-ring (bicyclic) bond motifs is 1. The molecule has 0 saturated heterocycles. The maximum atomic E-state index is 11.1. The standard InChI is InChI=1S/C7H8N2O5/c1-12-5-4-6(14-7(5)13-2)9(11)3-8(4)10/h3,10H,1-2H3. The summed E-state index contributed by atoms with van der Waals surface area (Å²) in [6.07, 6.45) is 0.913. The molecule has 0 aliphatic heterocycles. The maximum absolute atomic E-state index is 11.1. The summed E-state index contributed by atoms with van der Waals surface area (Å²) in [5.41, 5.74) is 0.0700. The Balaban J connectivity index is 2.81. The number of rotatable bonds is 2. The minimum absolute atomic E-state index is 0.0468. The summed E-state index contributed by atoms with van der Waals surface area (Å²) in [5.74, 6) is 0.227. The second kappa shape index (κ2) is 2.72. The van der Waals surface area contributed by atoms with Gasteiger partial charge in [0.05, 0.1) is 14.2 Å². The van der Waals surface area contributed by atoms with E-state index in [9.17, 15) is 10.4 Å². The molecule has 0 aliphatic rings. The molecule has 7 nitrogen and oxygen atoms in total. The Bertz CT molecular complexity index is 472. The Morgan fingerprint density at radius 2 is 2.21 bits per heavy atom. The molecule has 2 rings (SSSR count). The first kappa shape index (κ1) is 8.54. The van der Waals surface area contributed by atoms with Crippen LogP contribution in [-0.2, 0) is 0 Å². The van der Waals surface area contributed by atoms with Gasteiger partial charge in [-0.15, -0.1) is 0 Å². The van der Waals surface area contributed by atoms with Crippen molar-refractivity contribution in [3.8, 4) is 11.7 Å². The van der Waals surface area contributed by atoms with Crippen molar-refractivity contribution in [2.75, 3.05) is 14.2 Å². The smallest absolute Gasteiger partial charge is 0.352 e. The number of hydrogen-bond donors (Lipinski definition) is 1. The molecule has 1 N–H and O–H groups in total. The predicted molar refractivity (Wildman–Crippen MR) is 43.5 cm³/mol. The number of furan rings is 1. The van der Waals surface area contributed by atoms with Crippen LogP contribution in [0.1, 0.15) is 0 Å². The van der Waals surface area contributed by atoms with E-state index in [0.29, 0.717) is 9.46 Å². The van der Waals surface area contributed by atoms with Gasteiger partial charge in [-0.25, -0.2) is 0 Å². The van der Waals surface area contributed by atoms with E-state index in [2.05, 4.69) is 0 Å². The van der Waals surface area contributed by atoms with Gasteiger partial charge >= 0.3 is 17.2 Å². The molecule has 0 atom stereocenters. The van der Waals surface area contributed by atoms with E-state index in [0.717, 1.165) is 6.33 Å². The number of aromatic nitrogens is 2. The van der Waals surface area contributed by atoms with E-state index in [-0.39, 0.29) is 22.9 Å². The number of methoxy groups -OCH3 is 2. The molecule has 76 valence electrons. The van der Waals surface area contributed by atoms with Crippen molar-refractivity contribution >= 4 is 11.2 Å². The molecule has 0 aromatic carbocycles. The molecule has 0 fully saturated rings. The lowest BCUT2D eigenvalue weighted by Crippen LogP contribution is -2.22. The van der Waals surface area contributed by atoms with E-state index in [1.807, 2.05) is 0 Å². The van der Waals surface area contributed by atoms with Crippen molar-refractivity contribution in [3.63, 3.8) is 0 Å². The van der Waals surface area contributed by atoms with Crippen molar-refractivity contribution in [2.45, 2.75) is 0 Å². The monoisotopic (exact) mass is 200 g/mol. The lowest BCUT2D eigenvalue weighted by atomic mass is 10.5. The van der Waals surface area contributed by atoms with Gasteiger partial charge in [0.2, 0.25) is 0 Å². The molecule has 0 unspecified atom stereocenters. The summed E-state index contributed by atoms with van der Waals surface area (Å²) in [6.45, 7) is 0. The molecule has 7 heteroatoms. The third kappa shape index (κ3) is 0.889. The van der Waals surface area contributed by atoms with Gasteiger partial charge in [0.1, 0.15) is 0 Å². The number of ether oxygens (including phenoxy) is 2. The van der Waals surface area contributed by atoms with Gasteiger partial charge in [0, 0.05) is 0 Å². The molecule has 0 bridgehead atoms. The normalized spacial score (nSPS) is 10.7. The van der Waals surface area contributed by atoms with Gasteiger partial charge in [-0.3, -0.25) is 0 Å². The summed E-state index contributed by atoms with van der Waals surface area (Å²) in [4.78, 5) is 0.